The normalized spacial score (nSPS) is 12.5. The van der Waals surface area contributed by atoms with E-state index in [1.54, 1.807) is 14.2 Å². The first-order valence-electron chi connectivity index (χ1n) is 4.23. The second-order valence-electron chi connectivity index (χ2n) is 3.12. The second-order valence-corrected chi connectivity index (χ2v) is 7.22. The van der Waals surface area contributed by atoms with Crippen LogP contribution in [0.5, 0.6) is 0 Å². The zero-order chi connectivity index (χ0) is 8.91. The average Bonchev–Trinajstić information content (AvgIpc) is 2.00. The van der Waals surface area contributed by atoms with Gasteiger partial charge in [-0.15, -0.1) is 0 Å². The fourth-order valence-electron chi connectivity index (χ4n) is 1.40. The molecule has 11 heavy (non-hydrogen) atoms. The van der Waals surface area contributed by atoms with Crippen LogP contribution in [0.1, 0.15) is 27.2 Å². The summed E-state index contributed by atoms with van der Waals surface area (Å²) in [7, 11) is 1.72. The van der Waals surface area contributed by atoms with Gasteiger partial charge in [0, 0.05) is 14.2 Å². The molecule has 0 atom stereocenters. The smallest absolute Gasteiger partial charge is 0.340 e. The average molecular weight is 176 g/mol. The van der Waals surface area contributed by atoms with E-state index in [-0.39, 0.29) is 0 Å². The number of hydrogen-bond acceptors (Lipinski definition) is 2. The van der Waals surface area contributed by atoms with Crippen LogP contribution in [0, 0.1) is 0 Å². The van der Waals surface area contributed by atoms with Crippen LogP contribution in [-0.4, -0.2) is 22.8 Å². The Morgan fingerprint density at radius 1 is 1.18 bits per heavy atom. The summed E-state index contributed by atoms with van der Waals surface area (Å²) in [6.07, 6.45) is 1.14. The van der Waals surface area contributed by atoms with E-state index in [0.29, 0.717) is 5.54 Å². The zero-order valence-corrected chi connectivity index (χ0v) is 9.31. The molecule has 0 spiro atoms. The van der Waals surface area contributed by atoms with E-state index in [2.05, 4.69) is 20.8 Å². The van der Waals surface area contributed by atoms with Gasteiger partial charge < -0.3 is 8.85 Å². The molecule has 0 aliphatic heterocycles. The Morgan fingerprint density at radius 3 is 1.73 bits per heavy atom. The molecule has 0 amide bonds. The van der Waals surface area contributed by atoms with Crippen molar-refractivity contribution in [3.05, 3.63) is 0 Å². The van der Waals surface area contributed by atoms with E-state index in [4.69, 9.17) is 8.85 Å². The summed E-state index contributed by atoms with van der Waals surface area (Å²) in [5.41, 5.74) is 0.539. The predicted molar refractivity (Wildman–Crippen MR) is 50.0 cm³/mol. The third kappa shape index (κ3) is 2.58. The van der Waals surface area contributed by atoms with Crippen molar-refractivity contribution in [3.8, 4) is 0 Å². The van der Waals surface area contributed by atoms with Crippen LogP contribution in [0.2, 0.25) is 11.6 Å². The predicted octanol–water partition coefficient (Wildman–Crippen LogP) is 2.54. The zero-order valence-electron chi connectivity index (χ0n) is 8.31. The molecule has 0 rings (SSSR count). The molecule has 0 aliphatic carbocycles. The van der Waals surface area contributed by atoms with Gasteiger partial charge in [-0.3, -0.25) is 0 Å². The lowest BCUT2D eigenvalue weighted by Crippen LogP contribution is -2.42. The topological polar surface area (TPSA) is 18.5 Å². The lowest BCUT2D eigenvalue weighted by Gasteiger charge is -2.30. The van der Waals surface area contributed by atoms with E-state index in [1.807, 2.05) is 0 Å². The fourth-order valence-corrected chi connectivity index (χ4v) is 4.19. The summed E-state index contributed by atoms with van der Waals surface area (Å²) >= 11 is 0. The quantitative estimate of drug-likeness (QED) is 0.599. The van der Waals surface area contributed by atoms with Crippen LogP contribution < -0.4 is 0 Å². The first kappa shape index (κ1) is 11.1. The summed E-state index contributed by atoms with van der Waals surface area (Å²) in [4.78, 5) is 0. The highest BCUT2D eigenvalue weighted by molar-refractivity contribution is 6.68. The molecule has 0 bridgehead atoms. The summed E-state index contributed by atoms with van der Waals surface area (Å²) in [6, 6.07) is 1.09. The molecule has 0 saturated carbocycles. The molecule has 0 heterocycles. The van der Waals surface area contributed by atoms with E-state index in [1.165, 1.54) is 0 Å². The summed E-state index contributed by atoms with van der Waals surface area (Å²) in [5.74, 6) is 0. The van der Waals surface area contributed by atoms with Crippen molar-refractivity contribution in [3.63, 3.8) is 0 Å². The van der Waals surface area contributed by atoms with Gasteiger partial charge in [0.1, 0.15) is 0 Å². The minimum absolute atomic E-state index is 0.539. The third-order valence-electron chi connectivity index (χ3n) is 2.17. The van der Waals surface area contributed by atoms with Gasteiger partial charge in [0.15, 0.2) is 0 Å². The van der Waals surface area contributed by atoms with Crippen molar-refractivity contribution in [2.75, 3.05) is 14.2 Å². The highest BCUT2D eigenvalue weighted by Gasteiger charge is 2.37. The molecule has 0 aromatic rings. The maximum absolute atomic E-state index is 5.51. The van der Waals surface area contributed by atoms with E-state index < -0.39 is 8.56 Å². The standard InChI is InChI=1S/C8H20O2Si/c1-6-7-11(9-4,10-5)8(2)3/h8H,6-7H2,1-5H3. The second kappa shape index (κ2) is 4.90. The molecule has 68 valence electrons. The Labute approximate surface area is 71.1 Å². The van der Waals surface area contributed by atoms with E-state index in [0.717, 1.165) is 12.5 Å². The Bertz CT molecular complexity index is 100. The highest BCUT2D eigenvalue weighted by Crippen LogP contribution is 2.27. The molecule has 2 nitrogen and oxygen atoms in total. The molecule has 0 saturated heterocycles. The molecular weight excluding hydrogens is 156 g/mol. The SMILES string of the molecule is CCC[Si](OC)(OC)C(C)C. The number of hydrogen-bond donors (Lipinski definition) is 0. The molecule has 0 unspecified atom stereocenters. The maximum Gasteiger partial charge on any atom is 0.340 e. The monoisotopic (exact) mass is 176 g/mol. The molecule has 0 N–H and O–H groups in total. The third-order valence-corrected chi connectivity index (χ3v) is 6.51. The lowest BCUT2D eigenvalue weighted by molar-refractivity contribution is 0.232. The van der Waals surface area contributed by atoms with E-state index in [9.17, 15) is 0 Å². The first-order valence-corrected chi connectivity index (χ1v) is 6.33. The van der Waals surface area contributed by atoms with Gasteiger partial charge in [-0.1, -0.05) is 27.2 Å². The largest absolute Gasteiger partial charge is 0.397 e. The first-order chi connectivity index (χ1) is 5.13. The van der Waals surface area contributed by atoms with Crippen molar-refractivity contribution < 1.29 is 8.85 Å². The van der Waals surface area contributed by atoms with E-state index >= 15 is 0 Å². The lowest BCUT2D eigenvalue weighted by atomic mass is 10.6. The van der Waals surface area contributed by atoms with Crippen LogP contribution in [0.3, 0.4) is 0 Å². The minimum atomic E-state index is -1.82. The highest BCUT2D eigenvalue weighted by atomic mass is 28.4. The van der Waals surface area contributed by atoms with Gasteiger partial charge in [-0.2, -0.15) is 0 Å². The van der Waals surface area contributed by atoms with Crippen molar-refractivity contribution in [2.45, 2.75) is 38.8 Å². The summed E-state index contributed by atoms with van der Waals surface area (Å²) < 4.78 is 11.0. The van der Waals surface area contributed by atoms with Gasteiger partial charge in [-0.05, 0) is 11.6 Å². The Hall–Kier alpha value is 0.137. The molecule has 0 aromatic heterocycles. The van der Waals surface area contributed by atoms with Crippen LogP contribution in [0.15, 0.2) is 0 Å². The molecule has 0 aromatic carbocycles. The summed E-state index contributed by atoms with van der Waals surface area (Å²) in [6.45, 7) is 6.52. The number of rotatable bonds is 5. The molecular formula is C8H20O2Si. The van der Waals surface area contributed by atoms with Crippen molar-refractivity contribution in [2.24, 2.45) is 0 Å². The Balaban J connectivity index is 4.20. The Morgan fingerprint density at radius 2 is 1.64 bits per heavy atom. The van der Waals surface area contributed by atoms with Crippen LogP contribution >= 0.6 is 0 Å². The van der Waals surface area contributed by atoms with Crippen LogP contribution in [0.4, 0.5) is 0 Å². The molecule has 3 heteroatoms. The van der Waals surface area contributed by atoms with Crippen molar-refractivity contribution in [1.29, 1.82) is 0 Å². The van der Waals surface area contributed by atoms with Gasteiger partial charge >= 0.3 is 8.56 Å². The molecule has 0 fully saturated rings. The van der Waals surface area contributed by atoms with Gasteiger partial charge in [0.25, 0.3) is 0 Å². The van der Waals surface area contributed by atoms with Crippen LogP contribution in [0.25, 0.3) is 0 Å². The van der Waals surface area contributed by atoms with Crippen molar-refractivity contribution in [1.82, 2.24) is 0 Å². The minimum Gasteiger partial charge on any atom is -0.397 e. The Kier molecular flexibility index (Phi) is 4.96. The van der Waals surface area contributed by atoms with Crippen LogP contribution in [-0.2, 0) is 8.85 Å². The summed E-state index contributed by atoms with van der Waals surface area (Å²) in [5, 5.41) is 0. The molecule has 0 radical (unpaired) electrons. The molecule has 0 aliphatic rings. The van der Waals surface area contributed by atoms with Gasteiger partial charge in [0.05, 0.1) is 0 Å². The van der Waals surface area contributed by atoms with Gasteiger partial charge in [-0.25, -0.2) is 0 Å². The maximum atomic E-state index is 5.51. The fraction of sp³-hybridized carbons (Fsp3) is 1.00. The van der Waals surface area contributed by atoms with Gasteiger partial charge in [0.2, 0.25) is 0 Å². The van der Waals surface area contributed by atoms with Crippen molar-refractivity contribution >= 4 is 8.56 Å².